The van der Waals surface area contributed by atoms with Crippen molar-refractivity contribution in [3.63, 3.8) is 0 Å². The van der Waals surface area contributed by atoms with Gasteiger partial charge >= 0.3 is 0 Å². The number of primary sulfonamides is 1. The summed E-state index contributed by atoms with van der Waals surface area (Å²) in [6.07, 6.45) is 2.87. The fraction of sp³-hybridized carbons (Fsp3) is 0.167. The van der Waals surface area contributed by atoms with Crippen LogP contribution in [0.5, 0.6) is 5.75 Å². The molecule has 0 aromatic heterocycles. The number of ether oxygens (including phenoxy) is 1. The Hall–Kier alpha value is -2.35. The van der Waals surface area contributed by atoms with E-state index in [1.54, 1.807) is 38.1 Å². The summed E-state index contributed by atoms with van der Waals surface area (Å²) in [5.41, 5.74) is 2.47. The molecule has 0 aliphatic carbocycles. The highest BCUT2D eigenvalue weighted by atomic mass is 35.5. The Labute approximate surface area is 157 Å². The molecule has 1 amide bonds. The Morgan fingerprint density at radius 2 is 1.92 bits per heavy atom. The molecule has 2 rings (SSSR count). The van der Waals surface area contributed by atoms with Crippen molar-refractivity contribution in [2.45, 2.75) is 18.7 Å². The molecule has 0 unspecified atom stereocenters. The van der Waals surface area contributed by atoms with Crippen LogP contribution in [0.4, 0.5) is 5.69 Å². The molecule has 0 heterocycles. The van der Waals surface area contributed by atoms with Crippen LogP contribution >= 0.6 is 11.6 Å². The molecule has 0 bridgehead atoms. The van der Waals surface area contributed by atoms with Gasteiger partial charge in [0.15, 0.2) is 0 Å². The van der Waals surface area contributed by atoms with Crippen molar-refractivity contribution in [2.24, 2.45) is 5.14 Å². The van der Waals surface area contributed by atoms with Crippen LogP contribution in [-0.2, 0) is 14.8 Å². The molecule has 138 valence electrons. The van der Waals surface area contributed by atoms with Crippen molar-refractivity contribution in [1.29, 1.82) is 0 Å². The SMILES string of the molecule is COc1ccc(Cl)cc1C=CC(=O)Nc1cc(S(N)(=O)=O)cc(C)c1C. The third-order valence-electron chi connectivity index (χ3n) is 3.83. The van der Waals surface area contributed by atoms with Gasteiger partial charge in [0.25, 0.3) is 0 Å². The monoisotopic (exact) mass is 394 g/mol. The molecule has 6 nitrogen and oxygen atoms in total. The van der Waals surface area contributed by atoms with Gasteiger partial charge in [-0.05, 0) is 61.4 Å². The van der Waals surface area contributed by atoms with Gasteiger partial charge in [-0.2, -0.15) is 0 Å². The molecule has 0 saturated carbocycles. The van der Waals surface area contributed by atoms with E-state index >= 15 is 0 Å². The van der Waals surface area contributed by atoms with E-state index in [0.29, 0.717) is 27.6 Å². The van der Waals surface area contributed by atoms with E-state index in [0.717, 1.165) is 5.56 Å². The molecule has 0 fully saturated rings. The summed E-state index contributed by atoms with van der Waals surface area (Å²) < 4.78 is 28.4. The number of carbonyl (C=O) groups is 1. The Balaban J connectivity index is 2.28. The minimum atomic E-state index is -3.87. The number of aryl methyl sites for hydroxylation is 1. The van der Waals surface area contributed by atoms with E-state index < -0.39 is 15.9 Å². The third-order valence-corrected chi connectivity index (χ3v) is 4.96. The van der Waals surface area contributed by atoms with Crippen molar-refractivity contribution in [2.75, 3.05) is 12.4 Å². The molecule has 0 aliphatic heterocycles. The predicted octanol–water partition coefficient (Wildman–Crippen LogP) is 3.26. The number of halogens is 1. The van der Waals surface area contributed by atoms with Gasteiger partial charge < -0.3 is 10.1 Å². The van der Waals surface area contributed by atoms with Crippen LogP contribution in [-0.4, -0.2) is 21.4 Å². The van der Waals surface area contributed by atoms with Gasteiger partial charge in [0.05, 0.1) is 12.0 Å². The molecule has 2 aromatic carbocycles. The topological polar surface area (TPSA) is 98.5 Å². The number of carbonyl (C=O) groups excluding carboxylic acids is 1. The molecule has 0 radical (unpaired) electrons. The average molecular weight is 395 g/mol. The number of methoxy groups -OCH3 is 1. The fourth-order valence-electron chi connectivity index (χ4n) is 2.30. The molecular formula is C18H19ClN2O4S. The normalized spacial score (nSPS) is 11.6. The number of nitrogens with two attached hydrogens (primary N) is 1. The maximum atomic E-state index is 12.2. The number of hydrogen-bond donors (Lipinski definition) is 2. The predicted molar refractivity (Wildman–Crippen MR) is 103 cm³/mol. The smallest absolute Gasteiger partial charge is 0.248 e. The number of rotatable bonds is 5. The number of nitrogens with one attached hydrogen (secondary N) is 1. The molecule has 0 atom stereocenters. The van der Waals surface area contributed by atoms with Gasteiger partial charge in [0.1, 0.15) is 5.75 Å². The zero-order valence-electron chi connectivity index (χ0n) is 14.5. The highest BCUT2D eigenvalue weighted by Crippen LogP contribution is 2.25. The highest BCUT2D eigenvalue weighted by molar-refractivity contribution is 7.89. The summed E-state index contributed by atoms with van der Waals surface area (Å²) in [6, 6.07) is 7.85. The van der Waals surface area contributed by atoms with E-state index in [9.17, 15) is 13.2 Å². The van der Waals surface area contributed by atoms with Crippen molar-refractivity contribution >= 4 is 39.3 Å². The maximum absolute atomic E-state index is 12.2. The number of benzene rings is 2. The van der Waals surface area contributed by atoms with Crippen molar-refractivity contribution in [3.8, 4) is 5.75 Å². The molecule has 0 spiro atoms. The standard InChI is InChI=1S/C18H19ClN2O4S/c1-11-8-15(26(20,23)24)10-16(12(11)2)21-18(22)7-4-13-9-14(19)5-6-17(13)25-3/h4-10H,1-3H3,(H,21,22)(H2,20,23,24). The van der Waals surface area contributed by atoms with Gasteiger partial charge in [-0.3, -0.25) is 4.79 Å². The maximum Gasteiger partial charge on any atom is 0.248 e. The Bertz CT molecular complexity index is 985. The second-order valence-electron chi connectivity index (χ2n) is 5.67. The molecule has 26 heavy (non-hydrogen) atoms. The summed E-state index contributed by atoms with van der Waals surface area (Å²) in [5.74, 6) is 0.141. The Morgan fingerprint density at radius 3 is 2.54 bits per heavy atom. The average Bonchev–Trinajstić information content (AvgIpc) is 2.56. The number of hydrogen-bond acceptors (Lipinski definition) is 4. The van der Waals surface area contributed by atoms with E-state index in [2.05, 4.69) is 5.32 Å². The summed E-state index contributed by atoms with van der Waals surface area (Å²) in [4.78, 5) is 12.2. The Kier molecular flexibility index (Phi) is 6.07. The van der Waals surface area contributed by atoms with Crippen LogP contribution in [0, 0.1) is 13.8 Å². The number of sulfonamides is 1. The first-order valence-corrected chi connectivity index (χ1v) is 9.51. The molecule has 2 aromatic rings. The Morgan fingerprint density at radius 1 is 1.23 bits per heavy atom. The fourth-order valence-corrected chi connectivity index (χ4v) is 3.10. The summed E-state index contributed by atoms with van der Waals surface area (Å²) in [5, 5.41) is 8.35. The third kappa shape index (κ3) is 4.85. The number of anilines is 1. The van der Waals surface area contributed by atoms with E-state index in [-0.39, 0.29) is 4.90 Å². The molecule has 0 aliphatic rings. The second kappa shape index (κ2) is 7.90. The molecular weight excluding hydrogens is 376 g/mol. The van der Waals surface area contributed by atoms with Crippen LogP contribution < -0.4 is 15.2 Å². The van der Waals surface area contributed by atoms with Crippen LogP contribution in [0.25, 0.3) is 6.08 Å². The molecule has 0 saturated heterocycles. The molecule has 3 N–H and O–H groups in total. The highest BCUT2D eigenvalue weighted by Gasteiger charge is 2.13. The van der Waals surface area contributed by atoms with Gasteiger partial charge in [0, 0.05) is 22.3 Å². The van der Waals surface area contributed by atoms with E-state index in [4.69, 9.17) is 21.5 Å². The first kappa shape index (κ1) is 20.0. The zero-order valence-corrected chi connectivity index (χ0v) is 16.1. The van der Waals surface area contributed by atoms with Gasteiger partial charge in [-0.25, -0.2) is 13.6 Å². The van der Waals surface area contributed by atoms with Crippen molar-refractivity contribution in [1.82, 2.24) is 0 Å². The van der Waals surface area contributed by atoms with Crippen LogP contribution in [0.1, 0.15) is 16.7 Å². The minimum Gasteiger partial charge on any atom is -0.496 e. The van der Waals surface area contributed by atoms with Gasteiger partial charge in [-0.15, -0.1) is 0 Å². The lowest BCUT2D eigenvalue weighted by Crippen LogP contribution is -2.15. The largest absolute Gasteiger partial charge is 0.496 e. The van der Waals surface area contributed by atoms with Crippen LogP contribution in [0.2, 0.25) is 5.02 Å². The molecule has 8 heteroatoms. The summed E-state index contributed by atoms with van der Waals surface area (Å²) >= 11 is 5.96. The van der Waals surface area contributed by atoms with Crippen molar-refractivity contribution < 1.29 is 17.9 Å². The second-order valence-corrected chi connectivity index (χ2v) is 7.66. The minimum absolute atomic E-state index is 0.0589. The lowest BCUT2D eigenvalue weighted by Gasteiger charge is -2.11. The quantitative estimate of drug-likeness (QED) is 0.760. The van der Waals surface area contributed by atoms with Gasteiger partial charge in [0.2, 0.25) is 15.9 Å². The van der Waals surface area contributed by atoms with E-state index in [1.807, 2.05) is 0 Å². The van der Waals surface area contributed by atoms with Crippen LogP contribution in [0.15, 0.2) is 41.3 Å². The lowest BCUT2D eigenvalue weighted by atomic mass is 10.1. The van der Waals surface area contributed by atoms with Crippen molar-refractivity contribution in [3.05, 3.63) is 58.1 Å². The van der Waals surface area contributed by atoms with Crippen LogP contribution in [0.3, 0.4) is 0 Å². The van der Waals surface area contributed by atoms with E-state index in [1.165, 1.54) is 25.3 Å². The lowest BCUT2D eigenvalue weighted by molar-refractivity contribution is -0.111. The summed E-state index contributed by atoms with van der Waals surface area (Å²) in [6.45, 7) is 3.52. The van der Waals surface area contributed by atoms with Gasteiger partial charge in [-0.1, -0.05) is 11.6 Å². The zero-order chi connectivity index (χ0) is 19.5. The first-order valence-electron chi connectivity index (χ1n) is 7.58. The summed E-state index contributed by atoms with van der Waals surface area (Å²) in [7, 11) is -2.35. The number of amides is 1. The first-order chi connectivity index (χ1) is 12.1.